The highest BCUT2D eigenvalue weighted by Crippen LogP contribution is 2.25. The molecular weight excluding hydrogens is 280 g/mol. The summed E-state index contributed by atoms with van der Waals surface area (Å²) in [6.45, 7) is 6.00. The molecule has 1 heterocycles. The lowest BCUT2D eigenvalue weighted by Crippen LogP contribution is -2.49. The molecule has 1 amide bonds. The Balaban J connectivity index is 2.21. The number of Topliss-reactive ketones (excluding diaryl/α,β-unsaturated/α-hetero) is 1. The van der Waals surface area contributed by atoms with E-state index in [1.807, 2.05) is 20.8 Å². The Morgan fingerprint density at radius 1 is 1.23 bits per heavy atom. The molecule has 0 unspecified atom stereocenters. The maximum Gasteiger partial charge on any atom is 0.410 e. The number of carbonyl (C=O) groups is 2. The van der Waals surface area contributed by atoms with Gasteiger partial charge in [-0.25, -0.2) is 4.79 Å². The van der Waals surface area contributed by atoms with E-state index in [4.69, 9.17) is 10.5 Å². The fourth-order valence-corrected chi connectivity index (χ4v) is 2.64. The summed E-state index contributed by atoms with van der Waals surface area (Å²) in [5, 5.41) is 0. The van der Waals surface area contributed by atoms with Crippen LogP contribution in [-0.4, -0.2) is 35.0 Å². The number of nitrogens with two attached hydrogens (primary N) is 1. The number of hydrogen-bond acceptors (Lipinski definition) is 4. The monoisotopic (exact) mass is 304 g/mol. The summed E-state index contributed by atoms with van der Waals surface area (Å²) in [6.07, 6.45) is 2.02. The van der Waals surface area contributed by atoms with Crippen LogP contribution in [0.2, 0.25) is 0 Å². The third kappa shape index (κ3) is 3.78. The summed E-state index contributed by atoms with van der Waals surface area (Å²) in [5.41, 5.74) is 6.24. The summed E-state index contributed by atoms with van der Waals surface area (Å²) < 4.78 is 5.43. The maximum absolute atomic E-state index is 12.8. The van der Waals surface area contributed by atoms with Gasteiger partial charge in [-0.15, -0.1) is 0 Å². The van der Waals surface area contributed by atoms with E-state index in [1.165, 1.54) is 0 Å². The largest absolute Gasteiger partial charge is 0.444 e. The van der Waals surface area contributed by atoms with E-state index in [-0.39, 0.29) is 5.78 Å². The first-order chi connectivity index (χ1) is 10.3. The third-order valence-corrected chi connectivity index (χ3v) is 3.66. The van der Waals surface area contributed by atoms with Crippen LogP contribution in [0.5, 0.6) is 0 Å². The number of benzene rings is 1. The molecular formula is C17H24N2O3. The molecule has 1 fully saturated rings. The Labute approximate surface area is 131 Å². The summed E-state index contributed by atoms with van der Waals surface area (Å²) in [7, 11) is 0. The number of anilines is 1. The standard InChI is InChI=1S/C17H24N2O3/c1-17(2,3)22-16(21)19-11-7-6-10-14(19)15(20)12-8-4-5-9-13(12)18/h4-5,8-9,14H,6-7,10-11,18H2,1-3H3/t14-/m1/s1. The minimum Gasteiger partial charge on any atom is -0.444 e. The van der Waals surface area contributed by atoms with Gasteiger partial charge in [0.1, 0.15) is 5.60 Å². The quantitative estimate of drug-likeness (QED) is 0.672. The molecule has 2 rings (SSSR count). The highest BCUT2D eigenvalue weighted by atomic mass is 16.6. The van der Waals surface area contributed by atoms with Crippen molar-refractivity contribution in [3.63, 3.8) is 0 Å². The van der Waals surface area contributed by atoms with Gasteiger partial charge < -0.3 is 10.5 Å². The van der Waals surface area contributed by atoms with E-state index in [0.29, 0.717) is 24.2 Å². The number of rotatable bonds is 2. The topological polar surface area (TPSA) is 72.6 Å². The number of carbonyl (C=O) groups excluding carboxylic acids is 2. The molecule has 1 aromatic carbocycles. The Morgan fingerprint density at radius 3 is 2.55 bits per heavy atom. The lowest BCUT2D eigenvalue weighted by molar-refractivity contribution is 0.0105. The van der Waals surface area contributed by atoms with Crippen LogP contribution < -0.4 is 5.73 Å². The Morgan fingerprint density at radius 2 is 1.91 bits per heavy atom. The fraction of sp³-hybridized carbons (Fsp3) is 0.529. The predicted octanol–water partition coefficient (Wildman–Crippen LogP) is 3.24. The summed E-state index contributed by atoms with van der Waals surface area (Å²) >= 11 is 0. The Bertz CT molecular complexity index is 563. The van der Waals surface area contributed by atoms with Gasteiger partial charge in [0.2, 0.25) is 0 Å². The third-order valence-electron chi connectivity index (χ3n) is 3.66. The molecule has 22 heavy (non-hydrogen) atoms. The number of ether oxygens (including phenoxy) is 1. The van der Waals surface area contributed by atoms with E-state index in [2.05, 4.69) is 0 Å². The minimum absolute atomic E-state index is 0.108. The van der Waals surface area contributed by atoms with Gasteiger partial charge in [0.25, 0.3) is 0 Å². The molecule has 1 aromatic rings. The van der Waals surface area contributed by atoms with E-state index >= 15 is 0 Å². The van der Waals surface area contributed by atoms with Crippen LogP contribution in [0.1, 0.15) is 50.4 Å². The van der Waals surface area contributed by atoms with Crippen molar-refractivity contribution >= 4 is 17.6 Å². The van der Waals surface area contributed by atoms with Crippen molar-refractivity contribution in [2.45, 2.75) is 51.7 Å². The Kier molecular flexibility index (Phi) is 4.74. The van der Waals surface area contributed by atoms with E-state index in [0.717, 1.165) is 12.8 Å². The van der Waals surface area contributed by atoms with Crippen molar-refractivity contribution in [1.29, 1.82) is 0 Å². The number of nitrogen functional groups attached to an aromatic ring is 1. The average molecular weight is 304 g/mol. The molecule has 1 saturated heterocycles. The zero-order valence-corrected chi connectivity index (χ0v) is 13.5. The van der Waals surface area contributed by atoms with Gasteiger partial charge in [0, 0.05) is 17.8 Å². The minimum atomic E-state index is -0.575. The molecule has 5 heteroatoms. The summed E-state index contributed by atoms with van der Waals surface area (Å²) in [6, 6.07) is 6.49. The maximum atomic E-state index is 12.8. The fourth-order valence-electron chi connectivity index (χ4n) is 2.64. The van der Waals surface area contributed by atoms with Crippen LogP contribution in [0.25, 0.3) is 0 Å². The van der Waals surface area contributed by atoms with Gasteiger partial charge in [-0.2, -0.15) is 0 Å². The smallest absolute Gasteiger partial charge is 0.410 e. The highest BCUT2D eigenvalue weighted by Gasteiger charge is 2.35. The van der Waals surface area contributed by atoms with Crippen molar-refractivity contribution < 1.29 is 14.3 Å². The van der Waals surface area contributed by atoms with Crippen LogP contribution in [0.3, 0.4) is 0 Å². The van der Waals surface area contributed by atoms with Crippen LogP contribution in [0.4, 0.5) is 10.5 Å². The number of likely N-dealkylation sites (tertiary alicyclic amines) is 1. The van der Waals surface area contributed by atoms with Gasteiger partial charge >= 0.3 is 6.09 Å². The SMILES string of the molecule is CC(C)(C)OC(=O)N1CCCC[C@@H]1C(=O)c1ccccc1N. The van der Waals surface area contributed by atoms with Gasteiger partial charge in [-0.1, -0.05) is 12.1 Å². The molecule has 0 radical (unpaired) electrons. The molecule has 0 bridgehead atoms. The average Bonchev–Trinajstić information content (AvgIpc) is 2.45. The molecule has 5 nitrogen and oxygen atoms in total. The molecule has 1 aliphatic rings. The van der Waals surface area contributed by atoms with Crippen LogP contribution >= 0.6 is 0 Å². The Hall–Kier alpha value is -2.04. The number of hydrogen-bond donors (Lipinski definition) is 1. The van der Waals surface area contributed by atoms with Crippen LogP contribution in [0.15, 0.2) is 24.3 Å². The molecule has 0 spiro atoms. The van der Waals surface area contributed by atoms with Crippen LogP contribution in [0, 0.1) is 0 Å². The van der Waals surface area contributed by atoms with Gasteiger partial charge in [-0.05, 0) is 52.2 Å². The second-order valence-corrected chi connectivity index (χ2v) is 6.64. The van der Waals surface area contributed by atoms with Crippen molar-refractivity contribution in [1.82, 2.24) is 4.90 Å². The number of nitrogens with zero attached hydrogens (tertiary/aromatic N) is 1. The number of piperidine rings is 1. The first-order valence-electron chi connectivity index (χ1n) is 7.68. The molecule has 1 atom stereocenters. The van der Waals surface area contributed by atoms with Crippen molar-refractivity contribution in [3.05, 3.63) is 29.8 Å². The van der Waals surface area contributed by atoms with Gasteiger partial charge in [-0.3, -0.25) is 9.69 Å². The molecule has 2 N–H and O–H groups in total. The number of para-hydroxylation sites is 1. The molecule has 0 saturated carbocycles. The zero-order valence-electron chi connectivity index (χ0n) is 13.5. The number of amides is 1. The molecule has 1 aliphatic heterocycles. The van der Waals surface area contributed by atoms with Crippen molar-refractivity contribution in [3.8, 4) is 0 Å². The molecule has 0 aliphatic carbocycles. The first-order valence-corrected chi connectivity index (χ1v) is 7.68. The normalized spacial score (nSPS) is 18.9. The lowest BCUT2D eigenvalue weighted by atomic mass is 9.94. The van der Waals surface area contributed by atoms with Crippen molar-refractivity contribution in [2.75, 3.05) is 12.3 Å². The zero-order chi connectivity index (χ0) is 16.3. The summed E-state index contributed by atoms with van der Waals surface area (Å²) in [4.78, 5) is 26.7. The predicted molar refractivity (Wildman–Crippen MR) is 85.8 cm³/mol. The van der Waals surface area contributed by atoms with Gasteiger partial charge in [0.15, 0.2) is 5.78 Å². The van der Waals surface area contributed by atoms with E-state index in [1.54, 1.807) is 29.2 Å². The first kappa shape index (κ1) is 16.3. The lowest BCUT2D eigenvalue weighted by Gasteiger charge is -2.36. The summed E-state index contributed by atoms with van der Waals surface area (Å²) in [5.74, 6) is -0.108. The van der Waals surface area contributed by atoms with E-state index in [9.17, 15) is 9.59 Å². The molecule has 0 aromatic heterocycles. The van der Waals surface area contributed by atoms with Crippen LogP contribution in [-0.2, 0) is 4.74 Å². The molecule has 120 valence electrons. The van der Waals surface area contributed by atoms with Gasteiger partial charge in [0.05, 0.1) is 6.04 Å². The van der Waals surface area contributed by atoms with Crippen molar-refractivity contribution in [2.24, 2.45) is 0 Å². The second-order valence-electron chi connectivity index (χ2n) is 6.64. The highest BCUT2D eigenvalue weighted by molar-refractivity contribution is 6.05. The van der Waals surface area contributed by atoms with E-state index < -0.39 is 17.7 Å². The number of ketones is 1. The second kappa shape index (κ2) is 6.38.